The van der Waals surface area contributed by atoms with Crippen molar-refractivity contribution >= 4 is 43.4 Å². The molecule has 1 heterocycles. The number of rotatable bonds is 18. The van der Waals surface area contributed by atoms with Gasteiger partial charge in [0.05, 0.1) is 25.2 Å². The normalized spacial score (nSPS) is 17.0. The third-order valence-corrected chi connectivity index (χ3v) is 21.4. The van der Waals surface area contributed by atoms with Crippen LogP contribution in [-0.4, -0.2) is 52.6 Å². The van der Waals surface area contributed by atoms with E-state index in [1.807, 2.05) is 24.3 Å². The second-order valence-corrected chi connectivity index (χ2v) is 26.1. The van der Waals surface area contributed by atoms with Crippen LogP contribution in [0.2, 0.25) is 10.1 Å². The molecule has 1 saturated heterocycles. The Bertz CT molecular complexity index is 1530. The van der Waals surface area contributed by atoms with E-state index in [-0.39, 0.29) is 29.3 Å². The maximum absolute atomic E-state index is 14.1. The third kappa shape index (κ3) is 9.03. The molecule has 0 amide bonds. The number of carbonyl (C=O) groups is 1. The van der Waals surface area contributed by atoms with E-state index in [2.05, 4.69) is 146 Å². The molecule has 0 saturated carbocycles. The second-order valence-electron chi connectivity index (χ2n) is 17.4. The van der Waals surface area contributed by atoms with E-state index in [0.29, 0.717) is 12.8 Å². The summed E-state index contributed by atoms with van der Waals surface area (Å²) in [5, 5.41) is 15.7. The average molecular weight is 765 g/mol. The molecule has 5 nitrogen and oxygen atoms in total. The summed E-state index contributed by atoms with van der Waals surface area (Å²) in [6.45, 7) is 16.1. The van der Waals surface area contributed by atoms with E-state index in [1.54, 1.807) is 0 Å². The van der Waals surface area contributed by atoms with E-state index in [9.17, 15) is 9.90 Å². The summed E-state index contributed by atoms with van der Waals surface area (Å²) in [6, 6.07) is 42.3. The zero-order valence-electron chi connectivity index (χ0n) is 33.9. The quantitative estimate of drug-likeness (QED) is 0.0626. The van der Waals surface area contributed by atoms with Crippen LogP contribution < -0.4 is 20.7 Å². The van der Waals surface area contributed by atoms with Gasteiger partial charge in [0, 0.05) is 6.42 Å². The van der Waals surface area contributed by atoms with Crippen molar-refractivity contribution in [1.29, 1.82) is 0 Å². The van der Waals surface area contributed by atoms with Crippen LogP contribution in [-0.2, 0) is 18.4 Å². The molecule has 5 rings (SSSR count). The molecule has 1 aliphatic rings. The molecule has 1 fully saturated rings. The van der Waals surface area contributed by atoms with Crippen molar-refractivity contribution in [2.75, 3.05) is 13.2 Å². The lowest BCUT2D eigenvalue weighted by molar-refractivity contribution is -0.157. The molecule has 2 atom stereocenters. The van der Waals surface area contributed by atoms with Crippen LogP contribution in [0.15, 0.2) is 121 Å². The highest BCUT2D eigenvalue weighted by Crippen LogP contribution is 2.43. The number of carbonyl (C=O) groups excluding carboxylic acids is 1. The van der Waals surface area contributed by atoms with E-state index in [0.717, 1.165) is 40.0 Å². The Kier molecular flexibility index (Phi) is 14.0. The molecule has 1 aliphatic heterocycles. The number of cyclic esters (lactones) is 1. The maximum atomic E-state index is 14.1. The Morgan fingerprint density at radius 1 is 0.630 bits per heavy atom. The topological polar surface area (TPSA) is 65.0 Å². The summed E-state index contributed by atoms with van der Waals surface area (Å²) in [5.41, 5.74) is -1.11. The van der Waals surface area contributed by atoms with Crippen molar-refractivity contribution in [3.05, 3.63) is 121 Å². The molecule has 0 radical (unpaired) electrons. The highest BCUT2D eigenvalue weighted by atomic mass is 28.4. The Hall–Kier alpha value is -3.34. The van der Waals surface area contributed by atoms with Gasteiger partial charge in [-0.05, 0) is 37.2 Å². The molecule has 0 aliphatic carbocycles. The minimum Gasteiger partial charge on any atom is -0.454 e. The zero-order valence-corrected chi connectivity index (χ0v) is 35.9. The van der Waals surface area contributed by atoms with Crippen LogP contribution in [0.1, 0.15) is 99.8 Å². The van der Waals surface area contributed by atoms with Gasteiger partial charge in [-0.3, -0.25) is 4.79 Å². The Balaban J connectivity index is 1.57. The molecule has 290 valence electrons. The predicted octanol–water partition coefficient (Wildman–Crippen LogP) is 8.55. The number of unbranched alkanes of at least 4 members (excludes halogenated alkanes) is 5. The van der Waals surface area contributed by atoms with Gasteiger partial charge in [-0.15, -0.1) is 0 Å². The summed E-state index contributed by atoms with van der Waals surface area (Å²) in [6.07, 6.45) is 6.86. The van der Waals surface area contributed by atoms with E-state index < -0.39 is 34.3 Å². The summed E-state index contributed by atoms with van der Waals surface area (Å²) < 4.78 is 21.7. The fourth-order valence-electron chi connectivity index (χ4n) is 8.66. The van der Waals surface area contributed by atoms with Crippen LogP contribution in [0.3, 0.4) is 0 Å². The van der Waals surface area contributed by atoms with Gasteiger partial charge in [0.15, 0.2) is 5.60 Å². The first-order valence-electron chi connectivity index (χ1n) is 20.2. The lowest BCUT2D eigenvalue weighted by Crippen LogP contribution is -2.69. The Morgan fingerprint density at radius 3 is 1.33 bits per heavy atom. The van der Waals surface area contributed by atoms with Crippen molar-refractivity contribution < 1.29 is 23.5 Å². The van der Waals surface area contributed by atoms with Crippen LogP contribution in [0.5, 0.6) is 0 Å². The predicted molar refractivity (Wildman–Crippen MR) is 228 cm³/mol. The summed E-state index contributed by atoms with van der Waals surface area (Å²) >= 11 is 0. The van der Waals surface area contributed by atoms with Crippen molar-refractivity contribution in [3.8, 4) is 0 Å². The lowest BCUT2D eigenvalue weighted by atomic mass is 9.89. The van der Waals surface area contributed by atoms with Gasteiger partial charge in [-0.1, -0.05) is 208 Å². The van der Waals surface area contributed by atoms with Gasteiger partial charge >= 0.3 is 5.97 Å². The monoisotopic (exact) mass is 764 g/mol. The fraction of sp³-hybridized carbons (Fsp3) is 0.468. The number of aliphatic hydroxyl groups excluding tert-OH is 1. The molecule has 4 aromatic carbocycles. The van der Waals surface area contributed by atoms with Gasteiger partial charge in [-0.25, -0.2) is 0 Å². The summed E-state index contributed by atoms with van der Waals surface area (Å²) in [5.74, 6) is -1.00. The van der Waals surface area contributed by atoms with Gasteiger partial charge in [0.25, 0.3) is 16.6 Å². The lowest BCUT2D eigenvalue weighted by Gasteiger charge is -2.47. The van der Waals surface area contributed by atoms with E-state index in [1.165, 1.54) is 19.3 Å². The molecular formula is C47H64O5Si2. The summed E-state index contributed by atoms with van der Waals surface area (Å²) in [7, 11) is -6.02. The SMILES string of the molecule is CCCCCCCCC(O)C1CC(CO[Si](c2ccccc2)(c2ccccc2)C(C)(C)C)(CO[Si](c2ccccc2)(c2ccccc2)C(C)(C)C)OC1=O. The first kappa shape index (κ1) is 41.8. The van der Waals surface area contributed by atoms with Crippen molar-refractivity contribution in [2.24, 2.45) is 5.92 Å². The average Bonchev–Trinajstić information content (AvgIpc) is 3.50. The van der Waals surface area contributed by atoms with Gasteiger partial charge in [0.1, 0.15) is 0 Å². The largest absolute Gasteiger partial charge is 0.454 e. The standard InChI is InChI=1S/C47H64O5Si2/c1-8-9-10-11-12-25-34-43(48)42-35-47(52-44(42)49,36-50-53(45(2,3)4,38-26-17-13-18-27-38)39-28-19-14-20-29-39)37-51-54(46(5,6)7,40-30-21-15-22-31-40)41-32-23-16-24-33-41/h13-24,26-33,42-43,48H,8-12,25,34-37H2,1-7H3. The zero-order chi connectivity index (χ0) is 38.9. The highest BCUT2D eigenvalue weighted by Gasteiger charge is 2.57. The highest BCUT2D eigenvalue weighted by molar-refractivity contribution is 7.00. The number of esters is 1. The number of benzene rings is 4. The number of hydrogen-bond acceptors (Lipinski definition) is 5. The van der Waals surface area contributed by atoms with Gasteiger partial charge < -0.3 is 18.7 Å². The van der Waals surface area contributed by atoms with Crippen molar-refractivity contribution in [1.82, 2.24) is 0 Å². The minimum atomic E-state index is -3.01. The van der Waals surface area contributed by atoms with E-state index in [4.69, 9.17) is 13.6 Å². The van der Waals surface area contributed by atoms with Gasteiger partial charge in [-0.2, -0.15) is 0 Å². The molecule has 54 heavy (non-hydrogen) atoms. The van der Waals surface area contributed by atoms with E-state index >= 15 is 0 Å². The molecule has 7 heteroatoms. The molecule has 4 aromatic rings. The maximum Gasteiger partial charge on any atom is 0.312 e. The molecule has 0 aromatic heterocycles. The third-order valence-electron chi connectivity index (χ3n) is 11.5. The molecule has 0 spiro atoms. The molecule has 2 unspecified atom stereocenters. The first-order valence-corrected chi connectivity index (χ1v) is 24.0. The Morgan fingerprint density at radius 2 is 0.981 bits per heavy atom. The molecular weight excluding hydrogens is 701 g/mol. The summed E-state index contributed by atoms with van der Waals surface area (Å²) in [4.78, 5) is 14.1. The van der Waals surface area contributed by atoms with Crippen LogP contribution in [0, 0.1) is 5.92 Å². The van der Waals surface area contributed by atoms with Crippen molar-refractivity contribution in [3.63, 3.8) is 0 Å². The number of aliphatic hydroxyl groups is 1. The van der Waals surface area contributed by atoms with Crippen molar-refractivity contribution in [2.45, 2.75) is 122 Å². The minimum absolute atomic E-state index is 0.157. The van der Waals surface area contributed by atoms with Crippen LogP contribution >= 0.6 is 0 Å². The number of ether oxygens (including phenoxy) is 1. The molecule has 0 bridgehead atoms. The smallest absolute Gasteiger partial charge is 0.312 e. The molecule has 1 N–H and O–H groups in total. The van der Waals surface area contributed by atoms with Crippen LogP contribution in [0.25, 0.3) is 0 Å². The van der Waals surface area contributed by atoms with Gasteiger partial charge in [0.2, 0.25) is 0 Å². The number of hydrogen-bond donors (Lipinski definition) is 1. The fourth-order valence-corrected chi connectivity index (χ4v) is 17.9. The first-order chi connectivity index (χ1) is 25.8. The Labute approximate surface area is 327 Å². The van der Waals surface area contributed by atoms with Crippen LogP contribution in [0.4, 0.5) is 0 Å². The second kappa shape index (κ2) is 18.1.